The largest absolute Gasteiger partial charge is 0.469 e. The molecule has 0 radical (unpaired) electrons. The quantitative estimate of drug-likeness (QED) is 0.859. The lowest BCUT2D eigenvalue weighted by atomic mass is 10.2. The summed E-state index contributed by atoms with van der Waals surface area (Å²) >= 11 is 5.00. The van der Waals surface area contributed by atoms with E-state index in [4.69, 9.17) is 0 Å². The molecule has 2 rings (SSSR count). The Balaban J connectivity index is 1.92. The Hall–Kier alpha value is -1.08. The van der Waals surface area contributed by atoms with E-state index < -0.39 is 0 Å². The van der Waals surface area contributed by atoms with Gasteiger partial charge < -0.3 is 15.0 Å². The summed E-state index contributed by atoms with van der Waals surface area (Å²) in [6.07, 6.45) is 0.227. The summed E-state index contributed by atoms with van der Waals surface area (Å²) in [7, 11) is 1.35. The molecule has 1 aromatic heterocycles. The van der Waals surface area contributed by atoms with Crippen LogP contribution < -0.4 is 5.32 Å². The molecular formula is C11H13BrN2O3S. The van der Waals surface area contributed by atoms with Gasteiger partial charge in [-0.2, -0.15) is 0 Å². The number of halogens is 1. The second-order valence-corrected chi connectivity index (χ2v) is 6.41. The Kier molecular flexibility index (Phi) is 4.23. The van der Waals surface area contributed by atoms with Gasteiger partial charge in [0.1, 0.15) is 0 Å². The lowest BCUT2D eigenvalue weighted by Gasteiger charge is -2.13. The number of thiophene rings is 1. The number of urea groups is 1. The third-order valence-corrected chi connectivity index (χ3v) is 4.48. The summed E-state index contributed by atoms with van der Waals surface area (Å²) in [5.74, 6) is -0.301. The Morgan fingerprint density at radius 2 is 2.44 bits per heavy atom. The van der Waals surface area contributed by atoms with Crippen LogP contribution in [0.15, 0.2) is 15.9 Å². The van der Waals surface area contributed by atoms with Crippen molar-refractivity contribution >= 4 is 39.3 Å². The van der Waals surface area contributed by atoms with Gasteiger partial charge in [0.15, 0.2) is 0 Å². The molecule has 2 amide bonds. The lowest BCUT2D eigenvalue weighted by molar-refractivity contribution is -0.140. The average molecular weight is 333 g/mol. The zero-order valence-corrected chi connectivity index (χ0v) is 12.2. The summed E-state index contributed by atoms with van der Waals surface area (Å²) in [4.78, 5) is 25.5. The van der Waals surface area contributed by atoms with Crippen molar-refractivity contribution in [2.24, 2.45) is 0 Å². The number of esters is 1. The highest BCUT2D eigenvalue weighted by molar-refractivity contribution is 9.11. The number of rotatable bonds is 4. The van der Waals surface area contributed by atoms with Crippen molar-refractivity contribution in [2.45, 2.75) is 12.5 Å². The zero-order valence-electron chi connectivity index (χ0n) is 9.81. The first kappa shape index (κ1) is 13.4. The van der Waals surface area contributed by atoms with E-state index in [0.717, 1.165) is 8.66 Å². The first-order valence-electron chi connectivity index (χ1n) is 5.47. The molecule has 0 bridgehead atoms. The molecule has 1 atom stereocenters. The minimum Gasteiger partial charge on any atom is -0.469 e. The topological polar surface area (TPSA) is 58.6 Å². The number of hydrogen-bond acceptors (Lipinski definition) is 4. The molecule has 1 fully saturated rings. The highest BCUT2D eigenvalue weighted by atomic mass is 79.9. The third-order valence-electron chi connectivity index (χ3n) is 2.74. The van der Waals surface area contributed by atoms with E-state index in [9.17, 15) is 9.59 Å². The Labute approximate surface area is 117 Å². The van der Waals surface area contributed by atoms with Gasteiger partial charge in [-0.25, -0.2) is 4.79 Å². The van der Waals surface area contributed by atoms with Crippen LogP contribution in [0.1, 0.15) is 17.3 Å². The van der Waals surface area contributed by atoms with Gasteiger partial charge in [-0.05, 0) is 28.1 Å². The first-order chi connectivity index (χ1) is 8.60. The summed E-state index contributed by atoms with van der Waals surface area (Å²) < 4.78 is 5.60. The number of ether oxygens (including phenoxy) is 1. The molecule has 0 spiro atoms. The summed E-state index contributed by atoms with van der Waals surface area (Å²) in [6, 6.07) is 3.83. The second-order valence-electron chi connectivity index (χ2n) is 3.92. The molecule has 1 aliphatic heterocycles. The van der Waals surface area contributed by atoms with Crippen LogP contribution in [0.2, 0.25) is 0 Å². The standard InChI is InChI=1S/C11H13BrN2O3S/c1-17-10(15)4-5-14-6-7(13-11(14)16)8-2-3-9(12)18-8/h2-3,7H,4-6H2,1H3,(H,13,16). The normalized spacial score (nSPS) is 18.9. The predicted molar refractivity (Wildman–Crippen MR) is 71.5 cm³/mol. The molecule has 98 valence electrons. The van der Waals surface area contributed by atoms with Gasteiger partial charge in [-0.1, -0.05) is 0 Å². The number of hydrogen-bond donors (Lipinski definition) is 1. The molecule has 1 saturated heterocycles. The summed E-state index contributed by atoms with van der Waals surface area (Å²) in [6.45, 7) is 0.977. The minimum absolute atomic E-state index is 0.00597. The van der Waals surface area contributed by atoms with Gasteiger partial charge in [-0.15, -0.1) is 11.3 Å². The van der Waals surface area contributed by atoms with Crippen LogP contribution in [0.5, 0.6) is 0 Å². The van der Waals surface area contributed by atoms with Crippen LogP contribution in [0, 0.1) is 0 Å². The van der Waals surface area contributed by atoms with Crippen molar-refractivity contribution in [3.63, 3.8) is 0 Å². The molecular weight excluding hydrogens is 320 g/mol. The van der Waals surface area contributed by atoms with E-state index >= 15 is 0 Å². The predicted octanol–water partition coefficient (Wildman–Crippen LogP) is 2.14. The van der Waals surface area contributed by atoms with Crippen LogP contribution in [-0.4, -0.2) is 37.1 Å². The van der Waals surface area contributed by atoms with Crippen LogP contribution in [0.4, 0.5) is 4.79 Å². The SMILES string of the molecule is COC(=O)CCN1CC(c2ccc(Br)s2)NC1=O. The van der Waals surface area contributed by atoms with Crippen molar-refractivity contribution in [1.29, 1.82) is 0 Å². The average Bonchev–Trinajstić information content (AvgIpc) is 2.92. The smallest absolute Gasteiger partial charge is 0.318 e. The summed E-state index contributed by atoms with van der Waals surface area (Å²) in [5.41, 5.74) is 0. The molecule has 5 nitrogen and oxygen atoms in total. The lowest BCUT2D eigenvalue weighted by Crippen LogP contribution is -2.30. The summed E-state index contributed by atoms with van der Waals surface area (Å²) in [5, 5.41) is 2.90. The molecule has 1 aromatic rings. The monoisotopic (exact) mass is 332 g/mol. The Morgan fingerprint density at radius 3 is 3.06 bits per heavy atom. The van der Waals surface area contributed by atoms with Crippen LogP contribution in [0.25, 0.3) is 0 Å². The number of carbonyl (C=O) groups is 2. The molecule has 1 aliphatic rings. The number of methoxy groups -OCH3 is 1. The maximum atomic E-state index is 11.7. The molecule has 7 heteroatoms. The van der Waals surface area contributed by atoms with Crippen LogP contribution in [-0.2, 0) is 9.53 Å². The Bertz CT molecular complexity index is 463. The van der Waals surface area contributed by atoms with Gasteiger partial charge >= 0.3 is 12.0 Å². The highest BCUT2D eigenvalue weighted by Gasteiger charge is 2.30. The van der Waals surface area contributed by atoms with Crippen LogP contribution in [0.3, 0.4) is 0 Å². The van der Waals surface area contributed by atoms with Crippen molar-refractivity contribution < 1.29 is 14.3 Å². The number of nitrogens with one attached hydrogen (secondary N) is 1. The molecule has 1 unspecified atom stereocenters. The van der Waals surface area contributed by atoms with Gasteiger partial charge in [0, 0.05) is 18.0 Å². The zero-order chi connectivity index (χ0) is 13.1. The van der Waals surface area contributed by atoms with Crippen molar-refractivity contribution in [3.8, 4) is 0 Å². The molecule has 0 aliphatic carbocycles. The maximum absolute atomic E-state index is 11.7. The van der Waals surface area contributed by atoms with Crippen molar-refractivity contribution in [2.75, 3.05) is 20.2 Å². The number of nitrogens with zero attached hydrogens (tertiary/aromatic N) is 1. The van der Waals surface area contributed by atoms with E-state index in [0.29, 0.717) is 13.1 Å². The molecule has 18 heavy (non-hydrogen) atoms. The van der Waals surface area contributed by atoms with Gasteiger partial charge in [0.05, 0.1) is 23.4 Å². The Morgan fingerprint density at radius 1 is 1.67 bits per heavy atom. The van der Waals surface area contributed by atoms with Crippen molar-refractivity contribution in [3.05, 3.63) is 20.8 Å². The number of carbonyl (C=O) groups excluding carboxylic acids is 2. The minimum atomic E-state index is -0.301. The van der Waals surface area contributed by atoms with E-state index in [-0.39, 0.29) is 24.5 Å². The van der Waals surface area contributed by atoms with Gasteiger partial charge in [0.2, 0.25) is 0 Å². The maximum Gasteiger partial charge on any atom is 0.318 e. The fourth-order valence-electron chi connectivity index (χ4n) is 1.79. The second kappa shape index (κ2) is 5.71. The molecule has 0 saturated carbocycles. The van der Waals surface area contributed by atoms with Gasteiger partial charge in [-0.3, -0.25) is 4.79 Å². The van der Waals surface area contributed by atoms with Crippen molar-refractivity contribution in [1.82, 2.24) is 10.2 Å². The fourth-order valence-corrected chi connectivity index (χ4v) is 3.25. The number of amides is 2. The molecule has 1 N–H and O–H groups in total. The first-order valence-corrected chi connectivity index (χ1v) is 7.08. The van der Waals surface area contributed by atoms with E-state index in [1.807, 2.05) is 12.1 Å². The third kappa shape index (κ3) is 3.02. The highest BCUT2D eigenvalue weighted by Crippen LogP contribution is 2.30. The van der Waals surface area contributed by atoms with Gasteiger partial charge in [0.25, 0.3) is 0 Å². The van der Waals surface area contributed by atoms with E-state index in [2.05, 4.69) is 26.0 Å². The molecule has 2 heterocycles. The fraction of sp³-hybridized carbons (Fsp3) is 0.455. The molecule has 0 aromatic carbocycles. The van der Waals surface area contributed by atoms with E-state index in [1.165, 1.54) is 7.11 Å². The van der Waals surface area contributed by atoms with E-state index in [1.54, 1.807) is 16.2 Å². The van der Waals surface area contributed by atoms with Crippen LogP contribution >= 0.6 is 27.3 Å².